The molecule has 0 aliphatic heterocycles. The zero-order valence-electron chi connectivity index (χ0n) is 3.85. The van der Waals surface area contributed by atoms with Crippen molar-refractivity contribution in [3.8, 4) is 0 Å². The minimum atomic E-state index is 0.852. The second kappa shape index (κ2) is 1.69. The molecule has 0 fully saturated rings. The lowest BCUT2D eigenvalue weighted by molar-refractivity contribution is 0.986. The Bertz CT molecular complexity index is 66.3. The third-order valence-electron chi connectivity index (χ3n) is 1.02. The fourth-order valence-electron chi connectivity index (χ4n) is 0.422. The van der Waals surface area contributed by atoms with E-state index in [0.717, 1.165) is 5.25 Å². The molecule has 6 heavy (non-hydrogen) atoms. The van der Waals surface area contributed by atoms with Crippen molar-refractivity contribution in [3.63, 3.8) is 0 Å². The minimum absolute atomic E-state index is 0.852. The van der Waals surface area contributed by atoms with E-state index in [1.807, 2.05) is 11.8 Å². The lowest BCUT2D eigenvalue weighted by atomic mass is 10.1. The number of hydrogen-bond donors (Lipinski definition) is 0. The smallest absolute Gasteiger partial charge is 0.0258 e. The molecule has 0 radical (unpaired) electrons. The summed E-state index contributed by atoms with van der Waals surface area (Å²) < 4.78 is 0. The maximum absolute atomic E-state index is 2.24. The number of hydrogen-bond acceptors (Lipinski definition) is 1. The fourth-order valence-corrected chi connectivity index (χ4v) is 0.994. The van der Waals surface area contributed by atoms with Gasteiger partial charge in [-0.3, -0.25) is 0 Å². The van der Waals surface area contributed by atoms with E-state index in [4.69, 9.17) is 0 Å². The van der Waals surface area contributed by atoms with Gasteiger partial charge in [-0.2, -0.15) is 11.8 Å². The van der Waals surface area contributed by atoms with Gasteiger partial charge in [0.1, 0.15) is 0 Å². The van der Waals surface area contributed by atoms with Crippen LogP contribution in [0.2, 0.25) is 0 Å². The van der Waals surface area contributed by atoms with Crippen molar-refractivity contribution >= 4 is 11.8 Å². The summed E-state index contributed by atoms with van der Waals surface area (Å²) in [6.45, 7) is 0. The minimum Gasteiger partial charge on any atom is -0.158 e. The van der Waals surface area contributed by atoms with Crippen molar-refractivity contribution in [1.82, 2.24) is 0 Å². The number of rotatable bonds is 1. The van der Waals surface area contributed by atoms with Gasteiger partial charge in [0.05, 0.1) is 0 Å². The Morgan fingerprint density at radius 1 is 1.83 bits per heavy atom. The molecule has 0 saturated carbocycles. The average Bonchev–Trinajstić information content (AvgIpc) is 1.31. The Balaban J connectivity index is 2.21. The normalized spacial score (nSPS) is 29.8. The zero-order valence-corrected chi connectivity index (χ0v) is 4.66. The van der Waals surface area contributed by atoms with Crippen LogP contribution in [0.3, 0.4) is 0 Å². The Labute approximate surface area is 42.6 Å². The van der Waals surface area contributed by atoms with Crippen molar-refractivity contribution < 1.29 is 0 Å². The van der Waals surface area contributed by atoms with Gasteiger partial charge in [-0.25, -0.2) is 0 Å². The van der Waals surface area contributed by atoms with Crippen LogP contribution < -0.4 is 0 Å². The molecule has 1 heteroatoms. The van der Waals surface area contributed by atoms with Crippen LogP contribution in [0.5, 0.6) is 0 Å². The van der Waals surface area contributed by atoms with Gasteiger partial charge in [-0.05, 0) is 12.7 Å². The summed E-state index contributed by atoms with van der Waals surface area (Å²) in [6.07, 6.45) is 7.89. The predicted molar refractivity (Wildman–Crippen MR) is 31.1 cm³/mol. The Hall–Kier alpha value is 0.0900. The molecule has 1 aliphatic carbocycles. The van der Waals surface area contributed by atoms with E-state index in [-0.39, 0.29) is 0 Å². The van der Waals surface area contributed by atoms with Crippen molar-refractivity contribution in [2.45, 2.75) is 11.7 Å². The van der Waals surface area contributed by atoms with Crippen LogP contribution in [0.15, 0.2) is 12.2 Å². The van der Waals surface area contributed by atoms with E-state index in [1.165, 1.54) is 6.42 Å². The summed E-state index contributed by atoms with van der Waals surface area (Å²) in [5.41, 5.74) is 0. The summed E-state index contributed by atoms with van der Waals surface area (Å²) in [6, 6.07) is 0. The molecule has 0 nitrogen and oxygen atoms in total. The van der Waals surface area contributed by atoms with Crippen LogP contribution in [-0.2, 0) is 0 Å². The maximum atomic E-state index is 2.24. The van der Waals surface area contributed by atoms with E-state index >= 15 is 0 Å². The lowest BCUT2D eigenvalue weighted by Crippen LogP contribution is -2.02. The molecule has 1 unspecified atom stereocenters. The molecule has 0 N–H and O–H groups in total. The van der Waals surface area contributed by atoms with Crippen LogP contribution in [0, 0.1) is 0 Å². The van der Waals surface area contributed by atoms with Crippen LogP contribution in [-0.4, -0.2) is 11.5 Å². The predicted octanol–water partition coefficient (Wildman–Crippen LogP) is 1.68. The molecule has 0 aromatic rings. The summed E-state index contributed by atoms with van der Waals surface area (Å²) in [4.78, 5) is 0. The largest absolute Gasteiger partial charge is 0.158 e. The third kappa shape index (κ3) is 0.597. The molecule has 0 heterocycles. The second-order valence-electron chi connectivity index (χ2n) is 1.44. The molecule has 1 aliphatic rings. The van der Waals surface area contributed by atoms with E-state index < -0.39 is 0 Å². The molecule has 0 bridgehead atoms. The molecule has 0 amide bonds. The molecule has 0 saturated heterocycles. The number of allylic oxidation sites excluding steroid dienone is 1. The van der Waals surface area contributed by atoms with Crippen LogP contribution in [0.4, 0.5) is 0 Å². The quantitative estimate of drug-likeness (QED) is 0.452. The first kappa shape index (κ1) is 4.25. The zero-order chi connectivity index (χ0) is 4.41. The maximum Gasteiger partial charge on any atom is 0.0258 e. The standard InChI is InChI=1S/C5H8S/c1-6-5-3-2-4-5/h2-3,5H,4H2,1H3. The molecule has 1 rings (SSSR count). The van der Waals surface area contributed by atoms with Gasteiger partial charge in [0, 0.05) is 5.25 Å². The monoisotopic (exact) mass is 100 g/mol. The molecule has 0 aromatic heterocycles. The summed E-state index contributed by atoms with van der Waals surface area (Å²) >= 11 is 1.92. The molecular weight excluding hydrogens is 92.1 g/mol. The van der Waals surface area contributed by atoms with Gasteiger partial charge < -0.3 is 0 Å². The Morgan fingerprint density at radius 2 is 2.50 bits per heavy atom. The van der Waals surface area contributed by atoms with Crippen molar-refractivity contribution in [3.05, 3.63) is 12.2 Å². The van der Waals surface area contributed by atoms with Crippen LogP contribution in [0.1, 0.15) is 6.42 Å². The van der Waals surface area contributed by atoms with E-state index in [2.05, 4.69) is 18.4 Å². The Kier molecular flexibility index (Phi) is 1.20. The highest BCUT2D eigenvalue weighted by Crippen LogP contribution is 2.20. The van der Waals surface area contributed by atoms with Gasteiger partial charge in [0.2, 0.25) is 0 Å². The lowest BCUT2D eigenvalue weighted by Gasteiger charge is -2.12. The molecule has 34 valence electrons. The van der Waals surface area contributed by atoms with E-state index in [1.54, 1.807) is 0 Å². The molecule has 1 atom stereocenters. The van der Waals surface area contributed by atoms with Gasteiger partial charge in [-0.1, -0.05) is 12.2 Å². The van der Waals surface area contributed by atoms with Crippen LogP contribution >= 0.6 is 11.8 Å². The first-order valence-electron chi connectivity index (χ1n) is 2.13. The molecule has 0 aromatic carbocycles. The third-order valence-corrected chi connectivity index (χ3v) is 1.98. The SMILES string of the molecule is CSC1C=CC1. The average molecular weight is 100 g/mol. The summed E-state index contributed by atoms with van der Waals surface area (Å²) in [5, 5.41) is 0.852. The van der Waals surface area contributed by atoms with Crippen molar-refractivity contribution in [2.75, 3.05) is 6.26 Å². The molecular formula is C5H8S. The second-order valence-corrected chi connectivity index (χ2v) is 2.51. The Morgan fingerprint density at radius 3 is 2.50 bits per heavy atom. The van der Waals surface area contributed by atoms with Crippen molar-refractivity contribution in [2.24, 2.45) is 0 Å². The van der Waals surface area contributed by atoms with E-state index in [9.17, 15) is 0 Å². The highest BCUT2D eigenvalue weighted by molar-refractivity contribution is 7.99. The fraction of sp³-hybridized carbons (Fsp3) is 0.600. The number of thioether (sulfide) groups is 1. The summed E-state index contributed by atoms with van der Waals surface area (Å²) in [7, 11) is 0. The van der Waals surface area contributed by atoms with Gasteiger partial charge in [-0.15, -0.1) is 0 Å². The first-order valence-corrected chi connectivity index (χ1v) is 3.42. The van der Waals surface area contributed by atoms with E-state index in [0.29, 0.717) is 0 Å². The van der Waals surface area contributed by atoms with Gasteiger partial charge in [0.15, 0.2) is 0 Å². The summed E-state index contributed by atoms with van der Waals surface area (Å²) in [5.74, 6) is 0. The van der Waals surface area contributed by atoms with Crippen molar-refractivity contribution in [1.29, 1.82) is 0 Å². The topological polar surface area (TPSA) is 0 Å². The highest BCUT2D eigenvalue weighted by atomic mass is 32.2. The van der Waals surface area contributed by atoms with Gasteiger partial charge in [0.25, 0.3) is 0 Å². The van der Waals surface area contributed by atoms with Crippen LogP contribution in [0.25, 0.3) is 0 Å². The highest BCUT2D eigenvalue weighted by Gasteiger charge is 2.04. The first-order chi connectivity index (χ1) is 2.93. The molecule has 0 spiro atoms. The van der Waals surface area contributed by atoms with Gasteiger partial charge >= 0.3 is 0 Å².